The SMILES string of the molecule is Cc1ccc(Oc2cccc3c[n+](C)ccc23)cc1.[I-]. The van der Waals surface area contributed by atoms with Gasteiger partial charge in [0.25, 0.3) is 0 Å². The zero-order valence-electron chi connectivity index (χ0n) is 11.5. The molecule has 0 fully saturated rings. The summed E-state index contributed by atoms with van der Waals surface area (Å²) in [6.07, 6.45) is 4.13. The predicted molar refractivity (Wildman–Crippen MR) is 76.4 cm³/mol. The highest BCUT2D eigenvalue weighted by atomic mass is 127. The van der Waals surface area contributed by atoms with Crippen LogP contribution in [0, 0.1) is 6.92 Å². The Kier molecular flexibility index (Phi) is 4.60. The fourth-order valence-corrected chi connectivity index (χ4v) is 2.13. The Morgan fingerprint density at radius 1 is 0.950 bits per heavy atom. The summed E-state index contributed by atoms with van der Waals surface area (Å²) in [5.41, 5.74) is 1.23. The molecule has 2 aromatic carbocycles. The minimum atomic E-state index is 0. The van der Waals surface area contributed by atoms with Gasteiger partial charge in [0, 0.05) is 16.8 Å². The first-order chi connectivity index (χ1) is 9.22. The quantitative estimate of drug-likeness (QED) is 0.475. The zero-order valence-corrected chi connectivity index (χ0v) is 13.7. The van der Waals surface area contributed by atoms with Crippen LogP contribution in [-0.2, 0) is 7.05 Å². The van der Waals surface area contributed by atoms with Crippen LogP contribution < -0.4 is 33.3 Å². The molecule has 0 radical (unpaired) electrons. The van der Waals surface area contributed by atoms with Crippen LogP contribution in [0.5, 0.6) is 11.5 Å². The molecule has 2 nitrogen and oxygen atoms in total. The number of rotatable bonds is 2. The average molecular weight is 377 g/mol. The van der Waals surface area contributed by atoms with Gasteiger partial charge in [0.05, 0.1) is 0 Å². The van der Waals surface area contributed by atoms with Crippen molar-refractivity contribution in [2.24, 2.45) is 7.05 Å². The Labute approximate surface area is 136 Å². The summed E-state index contributed by atoms with van der Waals surface area (Å²) in [7, 11) is 2.02. The van der Waals surface area contributed by atoms with E-state index in [9.17, 15) is 0 Å². The minimum absolute atomic E-state index is 0. The van der Waals surface area contributed by atoms with Crippen LogP contribution in [0.3, 0.4) is 0 Å². The highest BCUT2D eigenvalue weighted by Crippen LogP contribution is 2.29. The first kappa shape index (κ1) is 14.8. The molecule has 0 saturated carbocycles. The van der Waals surface area contributed by atoms with Crippen molar-refractivity contribution in [3.8, 4) is 11.5 Å². The Hall–Kier alpha value is -1.62. The van der Waals surface area contributed by atoms with Gasteiger partial charge in [-0.25, -0.2) is 4.57 Å². The standard InChI is InChI=1S/C17H16NO.HI/c1-13-6-8-15(9-7-13)19-17-5-3-4-14-12-18(2)11-10-16(14)17;/h3-12H,1-2H3;1H/q+1;/p-1. The summed E-state index contributed by atoms with van der Waals surface area (Å²) in [6, 6.07) is 16.3. The van der Waals surface area contributed by atoms with Crippen LogP contribution >= 0.6 is 0 Å². The molecule has 0 spiro atoms. The molecular weight excluding hydrogens is 361 g/mol. The predicted octanol–water partition coefficient (Wildman–Crippen LogP) is 0.769. The number of aryl methyl sites for hydroxylation is 2. The van der Waals surface area contributed by atoms with E-state index in [2.05, 4.69) is 37.4 Å². The van der Waals surface area contributed by atoms with Crippen molar-refractivity contribution in [3.05, 3.63) is 66.5 Å². The number of ether oxygens (including phenoxy) is 1. The van der Waals surface area contributed by atoms with E-state index in [1.165, 1.54) is 10.9 Å². The van der Waals surface area contributed by atoms with Crippen molar-refractivity contribution in [2.45, 2.75) is 6.92 Å². The highest BCUT2D eigenvalue weighted by molar-refractivity contribution is 5.87. The van der Waals surface area contributed by atoms with E-state index < -0.39 is 0 Å². The molecule has 0 amide bonds. The van der Waals surface area contributed by atoms with Crippen molar-refractivity contribution in [1.82, 2.24) is 0 Å². The second kappa shape index (κ2) is 6.22. The molecule has 0 aliphatic heterocycles. The number of hydrogen-bond acceptors (Lipinski definition) is 1. The van der Waals surface area contributed by atoms with Gasteiger partial charge in [0.1, 0.15) is 18.5 Å². The van der Waals surface area contributed by atoms with Crippen molar-refractivity contribution in [2.75, 3.05) is 0 Å². The number of hydrogen-bond donors (Lipinski definition) is 0. The topological polar surface area (TPSA) is 13.1 Å². The Bertz CT molecular complexity index is 723. The minimum Gasteiger partial charge on any atom is -1.00 e. The number of fused-ring (bicyclic) bond motifs is 1. The van der Waals surface area contributed by atoms with Crippen LogP contribution in [0.1, 0.15) is 5.56 Å². The summed E-state index contributed by atoms with van der Waals surface area (Å²) in [6.45, 7) is 2.07. The summed E-state index contributed by atoms with van der Waals surface area (Å²) < 4.78 is 8.02. The second-order valence-electron chi connectivity index (χ2n) is 4.78. The number of benzene rings is 2. The first-order valence-corrected chi connectivity index (χ1v) is 6.35. The number of aromatic nitrogens is 1. The van der Waals surface area contributed by atoms with Gasteiger partial charge in [-0.1, -0.05) is 23.8 Å². The van der Waals surface area contributed by atoms with Crippen molar-refractivity contribution in [3.63, 3.8) is 0 Å². The van der Waals surface area contributed by atoms with Crippen molar-refractivity contribution < 1.29 is 33.3 Å². The molecule has 0 aliphatic rings. The molecule has 0 saturated heterocycles. The lowest BCUT2D eigenvalue weighted by atomic mass is 10.1. The zero-order chi connectivity index (χ0) is 13.2. The van der Waals surface area contributed by atoms with Crippen LogP contribution in [-0.4, -0.2) is 0 Å². The molecule has 3 heteroatoms. The van der Waals surface area contributed by atoms with Gasteiger partial charge < -0.3 is 28.7 Å². The fraction of sp³-hybridized carbons (Fsp3) is 0.118. The Balaban J connectivity index is 0.00000147. The van der Waals surface area contributed by atoms with Gasteiger partial charge in [-0.05, 0) is 31.2 Å². The fourth-order valence-electron chi connectivity index (χ4n) is 2.13. The molecule has 0 bridgehead atoms. The highest BCUT2D eigenvalue weighted by Gasteiger charge is 2.06. The molecule has 1 aromatic heterocycles. The molecule has 3 rings (SSSR count). The lowest BCUT2D eigenvalue weighted by molar-refractivity contribution is -0.670. The van der Waals surface area contributed by atoms with Crippen LogP contribution in [0.2, 0.25) is 0 Å². The molecule has 3 aromatic rings. The maximum Gasteiger partial charge on any atom is 0.176 e. The molecule has 0 aliphatic carbocycles. The molecule has 0 atom stereocenters. The molecule has 0 unspecified atom stereocenters. The van der Waals surface area contributed by atoms with Gasteiger partial charge in [-0.2, -0.15) is 0 Å². The molecule has 1 heterocycles. The number of halogens is 1. The van der Waals surface area contributed by atoms with Crippen LogP contribution in [0.15, 0.2) is 60.9 Å². The maximum atomic E-state index is 5.98. The first-order valence-electron chi connectivity index (χ1n) is 6.35. The van der Waals surface area contributed by atoms with Crippen LogP contribution in [0.25, 0.3) is 10.8 Å². The van der Waals surface area contributed by atoms with E-state index in [1.54, 1.807) is 0 Å². The van der Waals surface area contributed by atoms with Crippen molar-refractivity contribution >= 4 is 10.8 Å². The number of nitrogens with zero attached hydrogens (tertiary/aromatic N) is 1. The van der Waals surface area contributed by atoms with Crippen molar-refractivity contribution in [1.29, 1.82) is 0 Å². The second-order valence-corrected chi connectivity index (χ2v) is 4.78. The van der Waals surface area contributed by atoms with Gasteiger partial charge in [0.2, 0.25) is 0 Å². The lowest BCUT2D eigenvalue weighted by Gasteiger charge is -2.08. The maximum absolute atomic E-state index is 5.98. The van der Waals surface area contributed by atoms with Gasteiger partial charge in [0.15, 0.2) is 12.4 Å². The summed E-state index contributed by atoms with van der Waals surface area (Å²) in [4.78, 5) is 0. The summed E-state index contributed by atoms with van der Waals surface area (Å²) >= 11 is 0. The van der Waals surface area contributed by atoms with Gasteiger partial charge in [-0.15, -0.1) is 0 Å². The third-order valence-electron chi connectivity index (χ3n) is 3.17. The molecule has 0 N–H and O–H groups in total. The van der Waals surface area contributed by atoms with E-state index in [1.807, 2.05) is 42.1 Å². The van der Waals surface area contributed by atoms with E-state index >= 15 is 0 Å². The van der Waals surface area contributed by atoms with E-state index in [-0.39, 0.29) is 24.0 Å². The summed E-state index contributed by atoms with van der Waals surface area (Å²) in [5.74, 6) is 1.76. The average Bonchev–Trinajstić information content (AvgIpc) is 2.41. The van der Waals surface area contributed by atoms with E-state index in [0.717, 1.165) is 16.9 Å². The van der Waals surface area contributed by atoms with Gasteiger partial charge >= 0.3 is 0 Å². The third-order valence-corrected chi connectivity index (χ3v) is 3.17. The lowest BCUT2D eigenvalue weighted by Crippen LogP contribution is -3.00. The summed E-state index contributed by atoms with van der Waals surface area (Å²) in [5, 5.41) is 2.30. The van der Waals surface area contributed by atoms with Gasteiger partial charge in [-0.3, -0.25) is 0 Å². The molecular formula is C17H16INO. The smallest absolute Gasteiger partial charge is 0.176 e. The van der Waals surface area contributed by atoms with Crippen LogP contribution in [0.4, 0.5) is 0 Å². The monoisotopic (exact) mass is 377 g/mol. The van der Waals surface area contributed by atoms with E-state index in [0.29, 0.717) is 0 Å². The Morgan fingerprint density at radius 3 is 2.45 bits per heavy atom. The van der Waals surface area contributed by atoms with E-state index in [4.69, 9.17) is 4.74 Å². The molecule has 102 valence electrons. The Morgan fingerprint density at radius 2 is 1.70 bits per heavy atom. The number of pyridine rings is 1. The largest absolute Gasteiger partial charge is 1.00 e. The third kappa shape index (κ3) is 3.10. The normalized spacial score (nSPS) is 10.1. The molecule has 20 heavy (non-hydrogen) atoms.